The predicted octanol–water partition coefficient (Wildman–Crippen LogP) is 4.60. The van der Waals surface area contributed by atoms with Gasteiger partial charge in [-0.3, -0.25) is 4.79 Å². The monoisotopic (exact) mass is 331 g/mol. The van der Waals surface area contributed by atoms with Crippen molar-refractivity contribution in [3.63, 3.8) is 0 Å². The van der Waals surface area contributed by atoms with Gasteiger partial charge in [0.1, 0.15) is 0 Å². The molecule has 2 nitrogen and oxygen atoms in total. The van der Waals surface area contributed by atoms with E-state index in [4.69, 9.17) is 5.73 Å². The molecule has 0 radical (unpaired) electrons. The van der Waals surface area contributed by atoms with E-state index in [1.807, 2.05) is 24.3 Å². The lowest BCUT2D eigenvalue weighted by molar-refractivity contribution is 0.103. The molecule has 0 spiro atoms. The quantitative estimate of drug-likeness (QED) is 0.642. The minimum absolute atomic E-state index is 0.00813. The van der Waals surface area contributed by atoms with Gasteiger partial charge in [-0.15, -0.1) is 0 Å². The molecule has 0 aliphatic carbocycles. The lowest BCUT2D eigenvalue weighted by Gasteiger charge is -2.07. The van der Waals surface area contributed by atoms with Crippen LogP contribution in [0, 0.1) is 0 Å². The largest absolute Gasteiger partial charge is 0.398 e. The van der Waals surface area contributed by atoms with Crippen LogP contribution in [0.15, 0.2) is 46.9 Å². The highest BCUT2D eigenvalue weighted by Gasteiger charge is 2.13. The predicted molar refractivity (Wildman–Crippen MR) is 87.0 cm³/mol. The number of benzene rings is 2. The summed E-state index contributed by atoms with van der Waals surface area (Å²) in [6.07, 6.45) is 3.41. The molecule has 0 fully saturated rings. The fourth-order valence-corrected chi connectivity index (χ4v) is 2.53. The van der Waals surface area contributed by atoms with Crippen molar-refractivity contribution in [1.29, 1.82) is 0 Å². The molecule has 0 amide bonds. The molecule has 20 heavy (non-hydrogen) atoms. The first kappa shape index (κ1) is 14.8. The van der Waals surface area contributed by atoms with Crippen LogP contribution in [0.3, 0.4) is 0 Å². The second-order valence-electron chi connectivity index (χ2n) is 4.84. The highest BCUT2D eigenvalue weighted by Crippen LogP contribution is 2.26. The molecule has 0 unspecified atom stereocenters. The van der Waals surface area contributed by atoms with Crippen LogP contribution >= 0.6 is 15.9 Å². The minimum Gasteiger partial charge on any atom is -0.398 e. The van der Waals surface area contributed by atoms with Crippen LogP contribution in [0.2, 0.25) is 0 Å². The smallest absolute Gasteiger partial charge is 0.194 e. The van der Waals surface area contributed by atoms with E-state index >= 15 is 0 Å². The maximum atomic E-state index is 12.5. The Morgan fingerprint density at radius 3 is 2.50 bits per heavy atom. The van der Waals surface area contributed by atoms with E-state index in [-0.39, 0.29) is 5.78 Å². The molecule has 2 aromatic carbocycles. The molecule has 0 aromatic heterocycles. The Morgan fingerprint density at radius 2 is 1.85 bits per heavy atom. The number of ketones is 1. The van der Waals surface area contributed by atoms with Crippen LogP contribution in [0.25, 0.3) is 0 Å². The molecule has 0 aliphatic rings. The number of carbonyl (C=O) groups excluding carboxylic acids is 1. The van der Waals surface area contributed by atoms with Crippen molar-refractivity contribution >= 4 is 27.4 Å². The summed E-state index contributed by atoms with van der Waals surface area (Å²) in [5.74, 6) is -0.00813. The van der Waals surface area contributed by atoms with Crippen molar-refractivity contribution in [3.05, 3.63) is 63.6 Å². The number of unbranched alkanes of at least 4 members (excludes halogenated alkanes) is 1. The Kier molecular flexibility index (Phi) is 4.96. The maximum absolute atomic E-state index is 12.5. The number of hydrogen-bond donors (Lipinski definition) is 1. The Labute approximate surface area is 128 Å². The highest BCUT2D eigenvalue weighted by molar-refractivity contribution is 9.10. The van der Waals surface area contributed by atoms with E-state index in [9.17, 15) is 4.79 Å². The standard InChI is InChI=1S/C17H18BrNO/c1-2-3-5-12-8-10-13(11-9-12)17(20)14-6-4-7-15(19)16(14)18/h4,6-11H,2-3,5,19H2,1H3. The zero-order valence-corrected chi connectivity index (χ0v) is 13.1. The average Bonchev–Trinajstić information content (AvgIpc) is 2.48. The number of anilines is 1. The van der Waals surface area contributed by atoms with Crippen molar-refractivity contribution in [2.24, 2.45) is 0 Å². The van der Waals surface area contributed by atoms with Crippen LogP contribution < -0.4 is 5.73 Å². The molecule has 0 saturated heterocycles. The molecule has 3 heteroatoms. The first-order chi connectivity index (χ1) is 9.63. The van der Waals surface area contributed by atoms with Crippen LogP contribution in [-0.2, 0) is 6.42 Å². The first-order valence-corrected chi connectivity index (χ1v) is 7.60. The lowest BCUT2D eigenvalue weighted by atomic mass is 10.00. The molecule has 0 saturated carbocycles. The summed E-state index contributed by atoms with van der Waals surface area (Å²) >= 11 is 3.38. The van der Waals surface area contributed by atoms with Gasteiger partial charge in [-0.25, -0.2) is 0 Å². The third kappa shape index (κ3) is 3.28. The minimum atomic E-state index is -0.00813. The van der Waals surface area contributed by atoms with Gasteiger partial charge >= 0.3 is 0 Å². The number of nitrogen functional groups attached to an aromatic ring is 1. The highest BCUT2D eigenvalue weighted by atomic mass is 79.9. The van der Waals surface area contributed by atoms with Crippen LogP contribution in [0.5, 0.6) is 0 Å². The van der Waals surface area contributed by atoms with Gasteiger partial charge in [-0.05, 0) is 46.5 Å². The molecule has 104 valence electrons. The van der Waals surface area contributed by atoms with Gasteiger partial charge in [0.15, 0.2) is 5.78 Å². The maximum Gasteiger partial charge on any atom is 0.194 e. The van der Waals surface area contributed by atoms with Gasteiger partial charge in [0.05, 0.1) is 4.47 Å². The Morgan fingerprint density at radius 1 is 1.15 bits per heavy atom. The second-order valence-corrected chi connectivity index (χ2v) is 5.63. The normalized spacial score (nSPS) is 10.5. The topological polar surface area (TPSA) is 43.1 Å². The van der Waals surface area contributed by atoms with Gasteiger partial charge in [-0.1, -0.05) is 43.7 Å². The third-order valence-electron chi connectivity index (χ3n) is 3.31. The summed E-state index contributed by atoms with van der Waals surface area (Å²) in [7, 11) is 0. The van der Waals surface area contributed by atoms with E-state index in [0.717, 1.165) is 6.42 Å². The van der Waals surface area contributed by atoms with E-state index < -0.39 is 0 Å². The fraction of sp³-hybridized carbons (Fsp3) is 0.235. The Hall–Kier alpha value is -1.61. The molecular formula is C17H18BrNO. The zero-order valence-electron chi connectivity index (χ0n) is 11.5. The molecule has 0 heterocycles. The number of rotatable bonds is 5. The Bertz CT molecular complexity index is 605. The summed E-state index contributed by atoms with van der Waals surface area (Å²) in [5.41, 5.74) is 8.96. The first-order valence-electron chi connectivity index (χ1n) is 6.81. The lowest BCUT2D eigenvalue weighted by Crippen LogP contribution is -2.04. The number of aryl methyl sites for hydroxylation is 1. The van der Waals surface area contributed by atoms with Crippen LogP contribution in [0.4, 0.5) is 5.69 Å². The Balaban J connectivity index is 2.23. The zero-order chi connectivity index (χ0) is 14.5. The fourth-order valence-electron chi connectivity index (χ4n) is 2.08. The van der Waals surface area contributed by atoms with Gasteiger partial charge in [0.25, 0.3) is 0 Å². The number of hydrogen-bond acceptors (Lipinski definition) is 2. The van der Waals surface area contributed by atoms with Crippen LogP contribution in [-0.4, -0.2) is 5.78 Å². The summed E-state index contributed by atoms with van der Waals surface area (Å²) < 4.78 is 0.667. The van der Waals surface area contributed by atoms with Gasteiger partial charge < -0.3 is 5.73 Å². The molecule has 0 aliphatic heterocycles. The second kappa shape index (κ2) is 6.71. The van der Waals surface area contributed by atoms with E-state index in [1.54, 1.807) is 18.2 Å². The van der Waals surface area contributed by atoms with Gasteiger partial charge in [0, 0.05) is 16.8 Å². The molecule has 2 aromatic rings. The van der Waals surface area contributed by atoms with Crippen molar-refractivity contribution in [2.45, 2.75) is 26.2 Å². The van der Waals surface area contributed by atoms with E-state index in [0.29, 0.717) is 21.3 Å². The van der Waals surface area contributed by atoms with Crippen molar-refractivity contribution in [1.82, 2.24) is 0 Å². The molecular weight excluding hydrogens is 314 g/mol. The summed E-state index contributed by atoms with van der Waals surface area (Å²) in [4.78, 5) is 12.5. The van der Waals surface area contributed by atoms with Gasteiger partial charge in [0.2, 0.25) is 0 Å². The molecule has 0 atom stereocenters. The van der Waals surface area contributed by atoms with E-state index in [1.165, 1.54) is 18.4 Å². The molecule has 2 rings (SSSR count). The summed E-state index contributed by atoms with van der Waals surface area (Å²) in [5, 5.41) is 0. The van der Waals surface area contributed by atoms with Crippen molar-refractivity contribution in [3.8, 4) is 0 Å². The SMILES string of the molecule is CCCCc1ccc(C(=O)c2cccc(N)c2Br)cc1. The number of nitrogens with two attached hydrogens (primary N) is 1. The third-order valence-corrected chi connectivity index (χ3v) is 4.19. The average molecular weight is 332 g/mol. The molecule has 2 N–H and O–H groups in total. The van der Waals surface area contributed by atoms with Crippen molar-refractivity contribution < 1.29 is 4.79 Å². The number of halogens is 1. The summed E-state index contributed by atoms with van der Waals surface area (Å²) in [6, 6.07) is 13.2. The van der Waals surface area contributed by atoms with E-state index in [2.05, 4.69) is 22.9 Å². The number of carbonyl (C=O) groups is 1. The van der Waals surface area contributed by atoms with Gasteiger partial charge in [-0.2, -0.15) is 0 Å². The summed E-state index contributed by atoms with van der Waals surface area (Å²) in [6.45, 7) is 2.18. The molecule has 0 bridgehead atoms. The van der Waals surface area contributed by atoms with Crippen molar-refractivity contribution in [2.75, 3.05) is 5.73 Å². The van der Waals surface area contributed by atoms with Crippen LogP contribution in [0.1, 0.15) is 41.3 Å².